The molecule has 4 aromatic carbocycles. The van der Waals surface area contributed by atoms with Gasteiger partial charge in [0.1, 0.15) is 16.3 Å². The number of benzene rings is 4. The summed E-state index contributed by atoms with van der Waals surface area (Å²) in [6.45, 7) is 3.95. The minimum absolute atomic E-state index is 0. The number of fused-ring (bicyclic) bond motifs is 1. The van der Waals surface area contributed by atoms with Crippen LogP contribution in [0.4, 0.5) is 17.1 Å². The fourth-order valence-corrected chi connectivity index (χ4v) is 5.39. The largest absolute Gasteiger partial charge is 1.00 e. The molecule has 0 aliphatic heterocycles. The minimum atomic E-state index is -4.77. The Kier molecular flexibility index (Phi) is 10.6. The third-order valence-corrected chi connectivity index (χ3v) is 7.29. The fourth-order valence-electron chi connectivity index (χ4n) is 3.99. The molecule has 13 heteroatoms. The van der Waals surface area contributed by atoms with Crippen LogP contribution in [-0.4, -0.2) is 25.5 Å². The molecule has 0 bridgehead atoms. The summed E-state index contributed by atoms with van der Waals surface area (Å²) in [5.74, 6) is -1.02. The Labute approximate surface area is 263 Å². The molecule has 40 heavy (non-hydrogen) atoms. The number of hydrogen-bond acceptors (Lipinski definition) is 7. The summed E-state index contributed by atoms with van der Waals surface area (Å²) in [6.07, 6.45) is 0.338. The Bertz CT molecular complexity index is 1730. The molecule has 0 aliphatic rings. The molecule has 2 N–H and O–H groups in total. The number of nitrogens with zero attached hydrogens (tertiary/aromatic N) is 2. The van der Waals surface area contributed by atoms with Gasteiger partial charge in [-0.3, -0.25) is 9.35 Å². The van der Waals surface area contributed by atoms with Crippen LogP contribution in [0, 0.1) is 0 Å². The van der Waals surface area contributed by atoms with Crippen LogP contribution in [0.15, 0.2) is 75.8 Å². The number of ether oxygens (including phenoxy) is 1. The van der Waals surface area contributed by atoms with Crippen LogP contribution in [0.3, 0.4) is 0 Å². The molecule has 0 aromatic heterocycles. The van der Waals surface area contributed by atoms with E-state index in [-0.39, 0.29) is 51.5 Å². The van der Waals surface area contributed by atoms with Crippen LogP contribution >= 0.6 is 23.2 Å². The molecule has 1 amide bonds. The zero-order valence-corrected chi connectivity index (χ0v) is 26.1. The Hall–Kier alpha value is -2.70. The maximum absolute atomic E-state index is 13.5. The van der Waals surface area contributed by atoms with Crippen LogP contribution in [0.25, 0.3) is 10.8 Å². The zero-order valence-electron chi connectivity index (χ0n) is 21.7. The number of carbonyl (C=O) groups is 1. The van der Waals surface area contributed by atoms with Crippen molar-refractivity contribution in [2.45, 2.75) is 25.2 Å². The van der Waals surface area contributed by atoms with Gasteiger partial charge in [-0.2, -0.15) is 13.5 Å². The summed E-state index contributed by atoms with van der Waals surface area (Å²) in [7, 11) is -4.77. The number of azo groups is 1. The number of nitrogens with one attached hydrogen (secondary N) is 1. The molecule has 0 spiro atoms. The second-order valence-corrected chi connectivity index (χ2v) is 10.5. The molecular weight excluding hydrogens is 588 g/mol. The van der Waals surface area contributed by atoms with E-state index in [2.05, 4.69) is 15.5 Å². The predicted molar refractivity (Wildman–Crippen MR) is 149 cm³/mol. The summed E-state index contributed by atoms with van der Waals surface area (Å²) < 4.78 is 39.4. The van der Waals surface area contributed by atoms with Crippen molar-refractivity contribution in [1.29, 1.82) is 0 Å². The number of halogens is 2. The van der Waals surface area contributed by atoms with E-state index in [1.54, 1.807) is 56.3 Å². The van der Waals surface area contributed by atoms with Crippen molar-refractivity contribution in [3.8, 4) is 11.5 Å². The van der Waals surface area contributed by atoms with Gasteiger partial charge in [-0.05, 0) is 48.6 Å². The number of hydrogen-bond donors (Lipinski definition) is 2. The molecule has 4 rings (SSSR count). The molecule has 202 valence electrons. The van der Waals surface area contributed by atoms with Crippen molar-refractivity contribution >= 4 is 67.1 Å². The molecule has 0 aliphatic carbocycles. The number of rotatable bonds is 8. The normalized spacial score (nSPS) is 11.4. The molecule has 0 fully saturated rings. The van der Waals surface area contributed by atoms with Crippen molar-refractivity contribution < 1.29 is 57.2 Å². The molecule has 0 saturated heterocycles. The second-order valence-electron chi connectivity index (χ2n) is 8.30. The Morgan fingerprint density at radius 3 is 2.40 bits per heavy atom. The standard InChI is InChI=1S/C27H23Cl2N3O6S.Na/c1-3-15-9-10-22(29)26(39(35,36)37)23(15)31-32-24-20-8-6-5-7-16(20)11-21(25(24)33)27(34)30-18-12-17(28)13-19(14-18)38-4-2;/h5-14,33H,3-4H2,1-2H3,(H,30,34)(H,35,36,37);/q;+1/p-1. The van der Waals surface area contributed by atoms with E-state index in [9.17, 15) is 22.9 Å². The quantitative estimate of drug-likeness (QED) is 0.175. The van der Waals surface area contributed by atoms with Gasteiger partial charge in [0.15, 0.2) is 0 Å². The van der Waals surface area contributed by atoms with E-state index >= 15 is 0 Å². The maximum atomic E-state index is 13.5. The van der Waals surface area contributed by atoms with Gasteiger partial charge >= 0.3 is 29.6 Å². The first-order valence-electron chi connectivity index (χ1n) is 11.7. The van der Waals surface area contributed by atoms with Gasteiger partial charge in [0.05, 0.1) is 17.3 Å². The molecule has 0 radical (unpaired) electrons. The smallest absolute Gasteiger partial charge is 0.870 e. The molecular formula is C27H22Cl2N3NaO6S. The summed E-state index contributed by atoms with van der Waals surface area (Å²) in [5, 5.41) is 25.3. The van der Waals surface area contributed by atoms with Crippen molar-refractivity contribution in [3.05, 3.63) is 81.8 Å². The first-order chi connectivity index (χ1) is 18.5. The summed E-state index contributed by atoms with van der Waals surface area (Å²) in [4.78, 5) is 12.6. The van der Waals surface area contributed by atoms with Crippen LogP contribution in [0.5, 0.6) is 11.5 Å². The predicted octanol–water partition coefficient (Wildman–Crippen LogP) is 4.10. The van der Waals surface area contributed by atoms with Gasteiger partial charge in [-0.1, -0.05) is 66.2 Å². The maximum Gasteiger partial charge on any atom is 1.00 e. The first kappa shape index (κ1) is 31.8. The number of amides is 1. The van der Waals surface area contributed by atoms with Crippen LogP contribution < -0.4 is 44.7 Å². The fraction of sp³-hybridized carbons (Fsp3) is 0.148. The number of anilines is 1. The third kappa shape index (κ3) is 6.95. The topological polar surface area (TPSA) is 140 Å². The van der Waals surface area contributed by atoms with Crippen molar-refractivity contribution in [2.24, 2.45) is 10.2 Å². The van der Waals surface area contributed by atoms with Gasteiger partial charge in [-0.15, -0.1) is 5.11 Å². The molecule has 0 unspecified atom stereocenters. The number of aryl methyl sites for hydroxylation is 1. The van der Waals surface area contributed by atoms with E-state index in [1.165, 1.54) is 18.2 Å². The SMILES string of the molecule is CCOc1cc(Cl)cc(NC(=O)c2cc3ccccc3c(N=Nc3c(CC)ccc(Cl)c3S(=O)(=O)O)c2[O-])c1.[Na+]. The average Bonchev–Trinajstić information content (AvgIpc) is 2.87. The molecule has 0 atom stereocenters. The van der Waals surface area contributed by atoms with Crippen LogP contribution in [0.1, 0.15) is 29.8 Å². The van der Waals surface area contributed by atoms with Crippen molar-refractivity contribution in [2.75, 3.05) is 11.9 Å². The third-order valence-electron chi connectivity index (χ3n) is 5.72. The van der Waals surface area contributed by atoms with E-state index in [4.69, 9.17) is 27.9 Å². The average molecular weight is 610 g/mol. The Balaban J connectivity index is 0.00000441. The summed E-state index contributed by atoms with van der Waals surface area (Å²) in [5.41, 5.74) is 0.122. The molecule has 4 aromatic rings. The van der Waals surface area contributed by atoms with Gasteiger partial charge < -0.3 is 15.2 Å². The molecule has 0 heterocycles. The van der Waals surface area contributed by atoms with Crippen molar-refractivity contribution in [3.63, 3.8) is 0 Å². The van der Waals surface area contributed by atoms with Crippen LogP contribution in [-0.2, 0) is 16.5 Å². The first-order valence-corrected chi connectivity index (χ1v) is 13.9. The van der Waals surface area contributed by atoms with Gasteiger partial charge in [0, 0.05) is 27.7 Å². The Morgan fingerprint density at radius 1 is 1.02 bits per heavy atom. The van der Waals surface area contributed by atoms with Gasteiger partial charge in [-0.25, -0.2) is 0 Å². The van der Waals surface area contributed by atoms with Gasteiger partial charge in [0.25, 0.3) is 16.0 Å². The van der Waals surface area contributed by atoms with E-state index in [0.29, 0.717) is 45.8 Å². The Morgan fingerprint density at radius 2 is 1.73 bits per heavy atom. The number of carbonyl (C=O) groups excluding carboxylic acids is 1. The van der Waals surface area contributed by atoms with E-state index in [0.717, 1.165) is 0 Å². The molecule has 9 nitrogen and oxygen atoms in total. The van der Waals surface area contributed by atoms with Crippen molar-refractivity contribution in [1.82, 2.24) is 0 Å². The summed E-state index contributed by atoms with van der Waals surface area (Å²) >= 11 is 12.2. The second kappa shape index (κ2) is 13.3. The van der Waals surface area contributed by atoms with Gasteiger partial charge in [0.2, 0.25) is 0 Å². The molecule has 0 saturated carbocycles. The zero-order chi connectivity index (χ0) is 28.3. The van der Waals surface area contributed by atoms with E-state index < -0.39 is 26.7 Å². The van der Waals surface area contributed by atoms with E-state index in [1.807, 2.05) is 0 Å². The minimum Gasteiger partial charge on any atom is -0.870 e. The monoisotopic (exact) mass is 609 g/mol. The van der Waals surface area contributed by atoms with Crippen LogP contribution in [0.2, 0.25) is 10.0 Å². The summed E-state index contributed by atoms with van der Waals surface area (Å²) in [6, 6.07) is 15.7.